The minimum absolute atomic E-state index is 0.599. The van der Waals surface area contributed by atoms with Gasteiger partial charge < -0.3 is 14.5 Å². The van der Waals surface area contributed by atoms with E-state index in [2.05, 4.69) is 53.7 Å². The first-order valence-electron chi connectivity index (χ1n) is 13.6. The van der Waals surface area contributed by atoms with Crippen molar-refractivity contribution in [3.8, 4) is 0 Å². The molecule has 1 unspecified atom stereocenters. The van der Waals surface area contributed by atoms with Crippen LogP contribution in [0.15, 0.2) is 18.2 Å². The fourth-order valence-electron chi connectivity index (χ4n) is 6.76. The number of piperazine rings is 1. The number of rotatable bonds is 6. The van der Waals surface area contributed by atoms with E-state index in [-0.39, 0.29) is 0 Å². The fraction of sp³-hybridized carbons (Fsp3) is 0.786. The van der Waals surface area contributed by atoms with Crippen molar-refractivity contribution < 1.29 is 4.74 Å². The number of hydrogen-bond acceptors (Lipinski definition) is 4. The first-order valence-corrected chi connectivity index (χ1v) is 13.6. The lowest BCUT2D eigenvalue weighted by Gasteiger charge is -2.44. The highest BCUT2D eigenvalue weighted by Crippen LogP contribution is 2.49. The number of nitrogens with zero attached hydrogens (tertiary/aromatic N) is 3. The molecule has 2 aliphatic heterocycles. The molecule has 5 rings (SSSR count). The average Bonchev–Trinajstić information content (AvgIpc) is 3.70. The molecule has 0 N–H and O–H groups in total. The minimum atomic E-state index is 0.599. The molecule has 2 aliphatic carbocycles. The molecule has 0 aromatic heterocycles. The summed E-state index contributed by atoms with van der Waals surface area (Å²) in [6.07, 6.45) is 11.0. The lowest BCUT2D eigenvalue weighted by atomic mass is 9.66. The van der Waals surface area contributed by atoms with Crippen LogP contribution in [0, 0.1) is 5.41 Å². The van der Waals surface area contributed by atoms with E-state index >= 15 is 0 Å². The van der Waals surface area contributed by atoms with Crippen molar-refractivity contribution in [3.63, 3.8) is 0 Å². The largest absolute Gasteiger partial charge is 0.378 e. The molecule has 2 heterocycles. The summed E-state index contributed by atoms with van der Waals surface area (Å²) < 4.78 is 5.63. The third-order valence-electron chi connectivity index (χ3n) is 9.41. The smallest absolute Gasteiger partial charge is 0.0642 e. The molecule has 2 saturated carbocycles. The minimum Gasteiger partial charge on any atom is -0.378 e. The second-order valence-corrected chi connectivity index (χ2v) is 11.1. The Labute approximate surface area is 196 Å². The molecule has 0 bridgehead atoms. The third-order valence-corrected chi connectivity index (χ3v) is 9.41. The monoisotopic (exact) mass is 439 g/mol. The number of morpholine rings is 1. The van der Waals surface area contributed by atoms with Crippen LogP contribution in [0.2, 0.25) is 0 Å². The van der Waals surface area contributed by atoms with Gasteiger partial charge in [0.05, 0.1) is 13.2 Å². The van der Waals surface area contributed by atoms with Crippen LogP contribution in [0.1, 0.15) is 83.6 Å². The highest BCUT2D eigenvalue weighted by atomic mass is 16.5. The van der Waals surface area contributed by atoms with E-state index in [9.17, 15) is 0 Å². The van der Waals surface area contributed by atoms with Gasteiger partial charge in [0.1, 0.15) is 0 Å². The molecule has 4 heteroatoms. The van der Waals surface area contributed by atoms with Gasteiger partial charge in [-0.15, -0.1) is 0 Å². The maximum Gasteiger partial charge on any atom is 0.0642 e. The zero-order valence-corrected chi connectivity index (χ0v) is 20.8. The lowest BCUT2D eigenvalue weighted by molar-refractivity contribution is 0.122. The van der Waals surface area contributed by atoms with Gasteiger partial charge in [-0.05, 0) is 80.5 Å². The molecule has 1 aromatic rings. The maximum absolute atomic E-state index is 5.63. The maximum atomic E-state index is 5.63. The Kier molecular flexibility index (Phi) is 6.72. The van der Waals surface area contributed by atoms with E-state index in [1.54, 1.807) is 5.56 Å². The van der Waals surface area contributed by atoms with E-state index in [1.165, 1.54) is 82.4 Å². The zero-order valence-electron chi connectivity index (χ0n) is 20.8. The summed E-state index contributed by atoms with van der Waals surface area (Å²) in [4.78, 5) is 8.04. The van der Waals surface area contributed by atoms with Crippen LogP contribution in [-0.2, 0) is 4.74 Å². The molecule has 4 aliphatic rings. The summed E-state index contributed by atoms with van der Waals surface area (Å²) in [6.45, 7) is 14.7. The van der Waals surface area contributed by atoms with Gasteiger partial charge in [0.2, 0.25) is 0 Å². The van der Waals surface area contributed by atoms with Gasteiger partial charge in [-0.2, -0.15) is 0 Å². The predicted octanol–water partition coefficient (Wildman–Crippen LogP) is 5.66. The Morgan fingerprint density at radius 3 is 2.28 bits per heavy atom. The van der Waals surface area contributed by atoms with Crippen LogP contribution in [-0.4, -0.2) is 62.9 Å². The Balaban J connectivity index is 1.40. The van der Waals surface area contributed by atoms with Crippen molar-refractivity contribution in [3.05, 3.63) is 23.8 Å². The van der Waals surface area contributed by atoms with Crippen LogP contribution >= 0.6 is 0 Å². The summed E-state index contributed by atoms with van der Waals surface area (Å²) in [5, 5.41) is 0. The summed E-state index contributed by atoms with van der Waals surface area (Å²) in [7, 11) is 0. The van der Waals surface area contributed by atoms with Gasteiger partial charge in [0.25, 0.3) is 0 Å². The van der Waals surface area contributed by atoms with E-state index < -0.39 is 0 Å². The SMILES string of the molecule is CCC1(CC)CCC(c2cc(N3CCOCC3)ccc2N2CCN(C3CC3)CC2C)CC1. The van der Waals surface area contributed by atoms with Gasteiger partial charge in [-0.25, -0.2) is 0 Å². The first-order chi connectivity index (χ1) is 15.6. The van der Waals surface area contributed by atoms with Crippen LogP contribution < -0.4 is 9.80 Å². The number of ether oxygens (including phenoxy) is 1. The highest BCUT2D eigenvalue weighted by Gasteiger charge is 2.37. The standard InChI is InChI=1S/C28H45N3O/c1-4-28(5-2)12-10-23(11-13-28)26-20-25(29-16-18-32-19-17-29)8-9-27(26)31-15-14-30(21-22(31)3)24-6-7-24/h8-9,20,22-24H,4-7,10-19,21H2,1-3H3. The van der Waals surface area contributed by atoms with E-state index in [1.807, 2.05) is 0 Å². The number of anilines is 2. The van der Waals surface area contributed by atoms with Gasteiger partial charge in [0.15, 0.2) is 0 Å². The predicted molar refractivity (Wildman–Crippen MR) is 135 cm³/mol. The average molecular weight is 440 g/mol. The molecule has 4 nitrogen and oxygen atoms in total. The molecular weight excluding hydrogens is 394 g/mol. The van der Waals surface area contributed by atoms with Crippen LogP contribution in [0.25, 0.3) is 0 Å². The third kappa shape index (κ3) is 4.55. The molecule has 4 fully saturated rings. The second-order valence-electron chi connectivity index (χ2n) is 11.1. The van der Waals surface area contributed by atoms with Crippen molar-refractivity contribution in [1.82, 2.24) is 4.90 Å². The van der Waals surface area contributed by atoms with Gasteiger partial charge in [-0.3, -0.25) is 4.90 Å². The molecular formula is C28H45N3O. The first kappa shape index (κ1) is 22.5. The molecule has 2 saturated heterocycles. The highest BCUT2D eigenvalue weighted by molar-refractivity contribution is 5.64. The Morgan fingerprint density at radius 1 is 0.938 bits per heavy atom. The molecule has 0 radical (unpaired) electrons. The second kappa shape index (κ2) is 9.54. The molecule has 1 aromatic carbocycles. The lowest BCUT2D eigenvalue weighted by Crippen LogP contribution is -2.53. The van der Waals surface area contributed by atoms with Crippen molar-refractivity contribution in [2.75, 3.05) is 55.7 Å². The molecule has 0 spiro atoms. The molecule has 0 amide bonds. The number of benzene rings is 1. The van der Waals surface area contributed by atoms with E-state index in [0.717, 1.165) is 32.3 Å². The summed E-state index contributed by atoms with van der Waals surface area (Å²) in [5.74, 6) is 0.714. The summed E-state index contributed by atoms with van der Waals surface area (Å²) in [6, 6.07) is 8.94. The Morgan fingerprint density at radius 2 is 1.66 bits per heavy atom. The van der Waals surface area contributed by atoms with Crippen LogP contribution in [0.4, 0.5) is 11.4 Å². The van der Waals surface area contributed by atoms with Crippen molar-refractivity contribution in [2.45, 2.75) is 90.1 Å². The van der Waals surface area contributed by atoms with Crippen molar-refractivity contribution in [2.24, 2.45) is 5.41 Å². The summed E-state index contributed by atoms with van der Waals surface area (Å²) in [5.41, 5.74) is 5.19. The van der Waals surface area contributed by atoms with Crippen molar-refractivity contribution >= 4 is 11.4 Å². The van der Waals surface area contributed by atoms with Gasteiger partial charge in [-0.1, -0.05) is 26.7 Å². The van der Waals surface area contributed by atoms with E-state index in [4.69, 9.17) is 4.74 Å². The fourth-order valence-corrected chi connectivity index (χ4v) is 6.76. The zero-order chi connectivity index (χ0) is 22.1. The quantitative estimate of drug-likeness (QED) is 0.569. The molecule has 178 valence electrons. The van der Waals surface area contributed by atoms with Crippen LogP contribution in [0.5, 0.6) is 0 Å². The normalized spacial score (nSPS) is 27.7. The Bertz CT molecular complexity index is 756. The topological polar surface area (TPSA) is 19.0 Å². The summed E-state index contributed by atoms with van der Waals surface area (Å²) >= 11 is 0. The van der Waals surface area contributed by atoms with Crippen LogP contribution in [0.3, 0.4) is 0 Å². The molecule has 1 atom stereocenters. The van der Waals surface area contributed by atoms with Crippen molar-refractivity contribution in [1.29, 1.82) is 0 Å². The molecule has 32 heavy (non-hydrogen) atoms. The Hall–Kier alpha value is -1.26. The van der Waals surface area contributed by atoms with Gasteiger partial charge in [0, 0.05) is 56.2 Å². The number of hydrogen-bond donors (Lipinski definition) is 0. The van der Waals surface area contributed by atoms with E-state index in [0.29, 0.717) is 17.4 Å². The van der Waals surface area contributed by atoms with Gasteiger partial charge >= 0.3 is 0 Å².